The van der Waals surface area contributed by atoms with Crippen LogP contribution < -0.4 is 5.73 Å². The van der Waals surface area contributed by atoms with E-state index in [-0.39, 0.29) is 11.6 Å². The predicted molar refractivity (Wildman–Crippen MR) is 82.0 cm³/mol. The van der Waals surface area contributed by atoms with Crippen LogP contribution in [0.4, 0.5) is 0 Å². The third-order valence-corrected chi connectivity index (χ3v) is 5.28. The van der Waals surface area contributed by atoms with E-state index in [2.05, 4.69) is 39.8 Å². The molecule has 0 amide bonds. The van der Waals surface area contributed by atoms with E-state index in [0.29, 0.717) is 0 Å². The molecule has 2 N–H and O–H groups in total. The lowest BCUT2D eigenvalue weighted by Crippen LogP contribution is -2.54. The van der Waals surface area contributed by atoms with Crippen molar-refractivity contribution >= 4 is 15.9 Å². The Morgan fingerprint density at radius 3 is 2.42 bits per heavy atom. The molecule has 19 heavy (non-hydrogen) atoms. The first kappa shape index (κ1) is 15.0. The lowest BCUT2D eigenvalue weighted by molar-refractivity contribution is 0.0741. The number of hydrogen-bond donors (Lipinski definition) is 1. The number of likely N-dealkylation sites (N-methyl/N-ethyl adjacent to an activating group) is 1. The molecule has 4 nitrogen and oxygen atoms in total. The van der Waals surface area contributed by atoms with Crippen LogP contribution >= 0.6 is 15.9 Å². The molecule has 1 aromatic heterocycles. The molecular weight excluding hydrogens is 304 g/mol. The molecule has 0 aliphatic heterocycles. The topological polar surface area (TPSA) is 47.1 Å². The van der Waals surface area contributed by atoms with Gasteiger partial charge in [-0.15, -0.1) is 0 Å². The predicted octanol–water partition coefficient (Wildman–Crippen LogP) is 2.84. The molecule has 1 atom stereocenters. The third-order valence-electron chi connectivity index (χ3n) is 4.67. The normalized spacial score (nSPS) is 20.1. The molecule has 0 saturated heterocycles. The average Bonchev–Trinajstić information content (AvgIpc) is 2.99. The van der Waals surface area contributed by atoms with Gasteiger partial charge in [-0.3, -0.25) is 9.58 Å². The lowest BCUT2D eigenvalue weighted by Gasteiger charge is -2.44. The molecule has 1 aliphatic rings. The zero-order valence-corrected chi connectivity index (χ0v) is 13.8. The second-order valence-electron chi connectivity index (χ2n) is 5.46. The van der Waals surface area contributed by atoms with Gasteiger partial charge in [-0.25, -0.2) is 0 Å². The fraction of sp³-hybridized carbons (Fsp3) is 0.786. The Hall–Kier alpha value is -0.390. The highest BCUT2D eigenvalue weighted by Gasteiger charge is 2.45. The molecule has 5 heteroatoms. The number of hydrogen-bond acceptors (Lipinski definition) is 3. The molecule has 1 unspecified atom stereocenters. The summed E-state index contributed by atoms with van der Waals surface area (Å²) in [6.45, 7) is 6.57. The van der Waals surface area contributed by atoms with Crippen molar-refractivity contribution in [1.29, 1.82) is 0 Å². The summed E-state index contributed by atoms with van der Waals surface area (Å²) >= 11 is 3.60. The molecule has 1 aliphatic carbocycles. The van der Waals surface area contributed by atoms with Crippen molar-refractivity contribution in [2.24, 2.45) is 12.8 Å². The van der Waals surface area contributed by atoms with Crippen LogP contribution in [0.5, 0.6) is 0 Å². The fourth-order valence-electron chi connectivity index (χ4n) is 3.69. The number of halogens is 1. The fourth-order valence-corrected chi connectivity index (χ4v) is 4.28. The maximum Gasteiger partial charge on any atom is 0.0709 e. The highest BCUT2D eigenvalue weighted by atomic mass is 79.9. The van der Waals surface area contributed by atoms with E-state index < -0.39 is 0 Å². The number of rotatable bonds is 5. The van der Waals surface area contributed by atoms with Crippen LogP contribution in [0.15, 0.2) is 10.7 Å². The van der Waals surface area contributed by atoms with Crippen LogP contribution in [0.1, 0.15) is 51.3 Å². The zero-order valence-electron chi connectivity index (χ0n) is 12.2. The SMILES string of the molecule is CCN(CC)C1(C(N)c2c(Br)cnn2C)CCCC1. The van der Waals surface area contributed by atoms with E-state index in [9.17, 15) is 0 Å². The van der Waals surface area contributed by atoms with Gasteiger partial charge in [0.05, 0.1) is 22.4 Å². The summed E-state index contributed by atoms with van der Waals surface area (Å²) in [4.78, 5) is 2.55. The van der Waals surface area contributed by atoms with Crippen LogP contribution in [-0.4, -0.2) is 33.3 Å². The minimum absolute atomic E-state index is 0.0109. The van der Waals surface area contributed by atoms with E-state index in [4.69, 9.17) is 5.73 Å². The van der Waals surface area contributed by atoms with Crippen LogP contribution in [0.2, 0.25) is 0 Å². The van der Waals surface area contributed by atoms with Gasteiger partial charge in [-0.1, -0.05) is 26.7 Å². The number of aryl methyl sites for hydroxylation is 1. The van der Waals surface area contributed by atoms with Gasteiger partial charge in [-0.2, -0.15) is 5.10 Å². The molecule has 1 heterocycles. The molecule has 0 aromatic carbocycles. The summed E-state index contributed by atoms with van der Waals surface area (Å²) < 4.78 is 2.94. The molecule has 0 radical (unpaired) electrons. The number of nitrogens with two attached hydrogens (primary N) is 1. The first-order chi connectivity index (χ1) is 9.06. The van der Waals surface area contributed by atoms with E-state index in [1.54, 1.807) is 0 Å². The average molecular weight is 329 g/mol. The minimum Gasteiger partial charge on any atom is -0.321 e. The summed E-state index contributed by atoms with van der Waals surface area (Å²) in [6.07, 6.45) is 6.78. The monoisotopic (exact) mass is 328 g/mol. The number of aromatic nitrogens is 2. The smallest absolute Gasteiger partial charge is 0.0709 e. The van der Waals surface area contributed by atoms with Crippen LogP contribution in [0, 0.1) is 0 Å². The first-order valence-electron chi connectivity index (χ1n) is 7.24. The molecule has 0 spiro atoms. The minimum atomic E-state index is 0.0109. The Morgan fingerprint density at radius 1 is 1.42 bits per heavy atom. The molecule has 108 valence electrons. The Kier molecular flexibility index (Phi) is 4.69. The maximum absolute atomic E-state index is 6.70. The highest BCUT2D eigenvalue weighted by Crippen LogP contribution is 2.44. The Balaban J connectivity index is 2.39. The largest absolute Gasteiger partial charge is 0.321 e. The second kappa shape index (κ2) is 5.94. The molecule has 1 fully saturated rings. The molecule has 0 bridgehead atoms. The van der Waals surface area contributed by atoms with Gasteiger partial charge in [0.25, 0.3) is 0 Å². The van der Waals surface area contributed by atoms with E-state index >= 15 is 0 Å². The van der Waals surface area contributed by atoms with Crippen molar-refractivity contribution in [3.8, 4) is 0 Å². The van der Waals surface area contributed by atoms with Crippen LogP contribution in [-0.2, 0) is 7.05 Å². The van der Waals surface area contributed by atoms with Crippen molar-refractivity contribution in [2.75, 3.05) is 13.1 Å². The number of nitrogens with zero attached hydrogens (tertiary/aromatic N) is 3. The van der Waals surface area contributed by atoms with Gasteiger partial charge in [-0.05, 0) is 41.9 Å². The summed E-state index contributed by atoms with van der Waals surface area (Å²) in [5.74, 6) is 0. The summed E-state index contributed by atoms with van der Waals surface area (Å²) in [5, 5.41) is 4.32. The molecule has 1 aromatic rings. The van der Waals surface area contributed by atoms with Crippen molar-refractivity contribution in [1.82, 2.24) is 14.7 Å². The third kappa shape index (κ3) is 2.48. The molecule has 2 rings (SSSR count). The van der Waals surface area contributed by atoms with Crippen molar-refractivity contribution in [2.45, 2.75) is 51.1 Å². The van der Waals surface area contributed by atoms with Crippen molar-refractivity contribution < 1.29 is 0 Å². The Bertz CT molecular complexity index is 400. The Morgan fingerprint density at radius 2 is 2.00 bits per heavy atom. The van der Waals surface area contributed by atoms with Gasteiger partial charge < -0.3 is 5.73 Å². The summed E-state index contributed by atoms with van der Waals surface area (Å²) in [5.41, 5.74) is 7.92. The van der Waals surface area contributed by atoms with Gasteiger partial charge >= 0.3 is 0 Å². The van der Waals surface area contributed by atoms with Crippen molar-refractivity contribution in [3.05, 3.63) is 16.4 Å². The quantitative estimate of drug-likeness (QED) is 0.904. The van der Waals surface area contributed by atoms with E-state index in [0.717, 1.165) is 23.3 Å². The van der Waals surface area contributed by atoms with Gasteiger partial charge in [0.1, 0.15) is 0 Å². The van der Waals surface area contributed by atoms with Crippen LogP contribution in [0.3, 0.4) is 0 Å². The van der Waals surface area contributed by atoms with Gasteiger partial charge in [0, 0.05) is 12.6 Å². The van der Waals surface area contributed by atoms with Gasteiger partial charge in [0.15, 0.2) is 0 Å². The summed E-state index contributed by atoms with van der Waals surface area (Å²) in [7, 11) is 1.98. The van der Waals surface area contributed by atoms with Crippen LogP contribution in [0.25, 0.3) is 0 Å². The van der Waals surface area contributed by atoms with E-state index in [1.807, 2.05) is 17.9 Å². The molecular formula is C14H25BrN4. The first-order valence-corrected chi connectivity index (χ1v) is 8.04. The summed E-state index contributed by atoms with van der Waals surface area (Å²) in [6, 6.07) is 0.0109. The zero-order chi connectivity index (χ0) is 14.0. The van der Waals surface area contributed by atoms with Gasteiger partial charge in [0.2, 0.25) is 0 Å². The Labute approximate surface area is 124 Å². The molecule has 1 saturated carbocycles. The van der Waals surface area contributed by atoms with E-state index in [1.165, 1.54) is 25.7 Å². The lowest BCUT2D eigenvalue weighted by atomic mass is 9.84. The van der Waals surface area contributed by atoms with Crippen molar-refractivity contribution in [3.63, 3.8) is 0 Å². The standard InChI is InChI=1S/C14H25BrN4/c1-4-19(5-2)14(8-6-7-9-14)13(16)12-11(15)10-17-18(12)3/h10,13H,4-9,16H2,1-3H3. The maximum atomic E-state index is 6.70. The second-order valence-corrected chi connectivity index (χ2v) is 6.32. The highest BCUT2D eigenvalue weighted by molar-refractivity contribution is 9.10.